The van der Waals surface area contributed by atoms with E-state index in [1.54, 1.807) is 23.1 Å². The molecule has 1 heterocycles. The predicted octanol–water partition coefficient (Wildman–Crippen LogP) is 2.79. The van der Waals surface area contributed by atoms with Crippen LogP contribution in [0.15, 0.2) is 18.2 Å². The summed E-state index contributed by atoms with van der Waals surface area (Å²) >= 11 is 11.7. The third kappa shape index (κ3) is 3.77. The third-order valence-electron chi connectivity index (χ3n) is 2.64. The Morgan fingerprint density at radius 3 is 2.61 bits per heavy atom. The molecule has 0 unspecified atom stereocenters. The molecule has 0 atom stereocenters. The Bertz CT molecular complexity index is 412. The molecule has 98 valence electrons. The van der Waals surface area contributed by atoms with E-state index in [1.807, 2.05) is 0 Å². The maximum atomic E-state index is 11.9. The van der Waals surface area contributed by atoms with Gasteiger partial charge < -0.3 is 15.0 Å². The fourth-order valence-electron chi connectivity index (χ4n) is 1.78. The van der Waals surface area contributed by atoms with Gasteiger partial charge in [0, 0.05) is 29.7 Å². The molecule has 1 N–H and O–H groups in total. The Morgan fingerprint density at radius 2 is 1.89 bits per heavy atom. The van der Waals surface area contributed by atoms with E-state index in [1.165, 1.54) is 0 Å². The van der Waals surface area contributed by atoms with Crippen LogP contribution in [0.1, 0.15) is 6.42 Å². The summed E-state index contributed by atoms with van der Waals surface area (Å²) in [7, 11) is 0. The summed E-state index contributed by atoms with van der Waals surface area (Å²) in [6.07, 6.45) is 0.558. The van der Waals surface area contributed by atoms with Gasteiger partial charge in [0.05, 0.1) is 0 Å². The van der Waals surface area contributed by atoms with Crippen molar-refractivity contribution in [3.63, 3.8) is 0 Å². The molecule has 1 aromatic carbocycles. The van der Waals surface area contributed by atoms with Crippen molar-refractivity contribution in [2.75, 3.05) is 26.2 Å². The zero-order chi connectivity index (χ0) is 13.0. The molecule has 0 aliphatic carbocycles. The average Bonchev–Trinajstić information content (AvgIpc) is 2.55. The molecule has 1 aromatic rings. The molecule has 0 aromatic heterocycles. The maximum absolute atomic E-state index is 11.9. The van der Waals surface area contributed by atoms with E-state index in [-0.39, 0.29) is 6.09 Å². The third-order valence-corrected chi connectivity index (χ3v) is 3.08. The standard InChI is InChI=1S/C12H14Cl2N2O2/c13-9-6-10(14)8-11(7-9)18-12(17)16-4-1-2-15-3-5-16/h6-8,15H,1-5H2. The maximum Gasteiger partial charge on any atom is 0.415 e. The van der Waals surface area contributed by atoms with Gasteiger partial charge in [0.25, 0.3) is 0 Å². The van der Waals surface area contributed by atoms with Gasteiger partial charge in [-0.05, 0) is 31.2 Å². The van der Waals surface area contributed by atoms with Crippen LogP contribution in [-0.4, -0.2) is 37.2 Å². The Kier molecular flexibility index (Phi) is 4.69. The Labute approximate surface area is 116 Å². The van der Waals surface area contributed by atoms with Crippen LogP contribution in [0.5, 0.6) is 5.75 Å². The van der Waals surface area contributed by atoms with Gasteiger partial charge in [-0.3, -0.25) is 0 Å². The van der Waals surface area contributed by atoms with E-state index in [2.05, 4.69) is 5.32 Å². The summed E-state index contributed by atoms with van der Waals surface area (Å²) in [4.78, 5) is 13.6. The first-order valence-electron chi connectivity index (χ1n) is 5.79. The van der Waals surface area contributed by atoms with Crippen molar-refractivity contribution in [2.45, 2.75) is 6.42 Å². The second kappa shape index (κ2) is 6.27. The molecular weight excluding hydrogens is 275 g/mol. The molecule has 0 radical (unpaired) electrons. The van der Waals surface area contributed by atoms with Gasteiger partial charge in [-0.15, -0.1) is 0 Å². The topological polar surface area (TPSA) is 41.6 Å². The number of amides is 1. The van der Waals surface area contributed by atoms with Gasteiger partial charge in [0.1, 0.15) is 5.75 Å². The summed E-state index contributed by atoms with van der Waals surface area (Å²) in [5.41, 5.74) is 0. The Balaban J connectivity index is 2.01. The first-order valence-corrected chi connectivity index (χ1v) is 6.54. The summed E-state index contributed by atoms with van der Waals surface area (Å²) in [5, 5.41) is 4.12. The lowest BCUT2D eigenvalue weighted by molar-refractivity contribution is 0.155. The molecule has 4 nitrogen and oxygen atoms in total. The molecule has 0 spiro atoms. The van der Waals surface area contributed by atoms with Crippen LogP contribution in [0.2, 0.25) is 10.0 Å². The Morgan fingerprint density at radius 1 is 1.17 bits per heavy atom. The number of carbonyl (C=O) groups is 1. The second-order valence-electron chi connectivity index (χ2n) is 4.06. The molecule has 6 heteroatoms. The number of ether oxygens (including phenoxy) is 1. The number of nitrogens with one attached hydrogen (secondary N) is 1. The zero-order valence-electron chi connectivity index (χ0n) is 9.79. The van der Waals surface area contributed by atoms with Crippen LogP contribution in [0.25, 0.3) is 0 Å². The molecule has 1 aliphatic heterocycles. The normalized spacial score (nSPS) is 16.2. The highest BCUT2D eigenvalue weighted by molar-refractivity contribution is 6.34. The van der Waals surface area contributed by atoms with Crippen LogP contribution in [0.3, 0.4) is 0 Å². The smallest absolute Gasteiger partial charge is 0.410 e. The van der Waals surface area contributed by atoms with Crippen LogP contribution in [-0.2, 0) is 0 Å². The lowest BCUT2D eigenvalue weighted by Crippen LogP contribution is -2.36. The zero-order valence-corrected chi connectivity index (χ0v) is 11.3. The van der Waals surface area contributed by atoms with Gasteiger partial charge in [0.15, 0.2) is 0 Å². The van der Waals surface area contributed by atoms with Crippen molar-refractivity contribution in [3.05, 3.63) is 28.2 Å². The molecule has 1 amide bonds. The fourth-order valence-corrected chi connectivity index (χ4v) is 2.29. The summed E-state index contributed by atoms with van der Waals surface area (Å²) in [6, 6.07) is 4.74. The van der Waals surface area contributed by atoms with Gasteiger partial charge in [-0.25, -0.2) is 4.79 Å². The van der Waals surface area contributed by atoms with Crippen LogP contribution in [0.4, 0.5) is 4.79 Å². The monoisotopic (exact) mass is 288 g/mol. The Hall–Kier alpha value is -0.970. The molecule has 2 rings (SSSR count). The van der Waals surface area contributed by atoms with Crippen LogP contribution in [0, 0.1) is 0 Å². The number of halogens is 2. The van der Waals surface area contributed by atoms with E-state index in [0.29, 0.717) is 28.9 Å². The summed E-state index contributed by atoms with van der Waals surface area (Å²) in [6.45, 7) is 3.05. The summed E-state index contributed by atoms with van der Waals surface area (Å²) in [5.74, 6) is 0.370. The SMILES string of the molecule is O=C(Oc1cc(Cl)cc(Cl)c1)N1CCCNCC1. The highest BCUT2D eigenvalue weighted by atomic mass is 35.5. The average molecular weight is 289 g/mol. The number of hydrogen-bond donors (Lipinski definition) is 1. The first-order chi connectivity index (χ1) is 8.65. The number of carbonyl (C=O) groups excluding carboxylic acids is 1. The minimum absolute atomic E-state index is 0.364. The quantitative estimate of drug-likeness (QED) is 0.864. The van der Waals surface area contributed by atoms with Gasteiger partial charge in [-0.2, -0.15) is 0 Å². The summed E-state index contributed by atoms with van der Waals surface area (Å²) < 4.78 is 5.26. The number of nitrogens with zero attached hydrogens (tertiary/aromatic N) is 1. The molecular formula is C12H14Cl2N2O2. The molecule has 18 heavy (non-hydrogen) atoms. The minimum Gasteiger partial charge on any atom is -0.410 e. The molecule has 1 aliphatic rings. The second-order valence-corrected chi connectivity index (χ2v) is 4.94. The van der Waals surface area contributed by atoms with E-state index in [0.717, 1.165) is 19.5 Å². The van der Waals surface area contributed by atoms with Gasteiger partial charge in [-0.1, -0.05) is 23.2 Å². The van der Waals surface area contributed by atoms with Crippen molar-refractivity contribution in [3.8, 4) is 5.75 Å². The van der Waals surface area contributed by atoms with Crippen LogP contribution >= 0.6 is 23.2 Å². The predicted molar refractivity (Wildman–Crippen MR) is 71.5 cm³/mol. The molecule has 1 saturated heterocycles. The minimum atomic E-state index is -0.364. The van der Waals surface area contributed by atoms with Gasteiger partial charge in [0.2, 0.25) is 0 Å². The fraction of sp³-hybridized carbons (Fsp3) is 0.417. The van der Waals surface area contributed by atoms with E-state index < -0.39 is 0 Å². The number of rotatable bonds is 1. The van der Waals surface area contributed by atoms with Gasteiger partial charge >= 0.3 is 6.09 Å². The van der Waals surface area contributed by atoms with Crippen molar-refractivity contribution in [1.82, 2.24) is 10.2 Å². The van der Waals surface area contributed by atoms with Crippen molar-refractivity contribution < 1.29 is 9.53 Å². The van der Waals surface area contributed by atoms with E-state index in [9.17, 15) is 4.79 Å². The molecule has 0 bridgehead atoms. The first kappa shape index (κ1) is 13.5. The lowest BCUT2D eigenvalue weighted by atomic mass is 10.3. The number of benzene rings is 1. The van der Waals surface area contributed by atoms with Crippen molar-refractivity contribution in [2.24, 2.45) is 0 Å². The van der Waals surface area contributed by atoms with Crippen molar-refractivity contribution in [1.29, 1.82) is 0 Å². The molecule has 1 fully saturated rings. The van der Waals surface area contributed by atoms with Crippen molar-refractivity contribution >= 4 is 29.3 Å². The highest BCUT2D eigenvalue weighted by Gasteiger charge is 2.17. The lowest BCUT2D eigenvalue weighted by Gasteiger charge is -2.19. The van der Waals surface area contributed by atoms with E-state index in [4.69, 9.17) is 27.9 Å². The largest absolute Gasteiger partial charge is 0.415 e. The highest BCUT2D eigenvalue weighted by Crippen LogP contribution is 2.24. The molecule has 0 saturated carbocycles. The van der Waals surface area contributed by atoms with Crippen LogP contribution < -0.4 is 10.1 Å². The number of hydrogen-bond acceptors (Lipinski definition) is 3. The van der Waals surface area contributed by atoms with E-state index >= 15 is 0 Å².